The van der Waals surface area contributed by atoms with Crippen molar-refractivity contribution >= 4 is 12.4 Å². The highest BCUT2D eigenvalue weighted by Crippen LogP contribution is 2.01. The van der Waals surface area contributed by atoms with Gasteiger partial charge in [0.2, 0.25) is 5.76 Å². The van der Waals surface area contributed by atoms with Gasteiger partial charge in [-0.05, 0) is 26.0 Å². The second-order valence-electron chi connectivity index (χ2n) is 2.25. The summed E-state index contributed by atoms with van der Waals surface area (Å²) in [4.78, 5) is 20.0. The Morgan fingerprint density at radius 1 is 1.47 bits per heavy atom. The predicted octanol–water partition coefficient (Wildman–Crippen LogP) is 1.64. The van der Waals surface area contributed by atoms with Gasteiger partial charge in [0.25, 0.3) is 6.47 Å². The van der Waals surface area contributed by atoms with Crippen LogP contribution in [0.5, 0.6) is 0 Å². The molecule has 0 saturated heterocycles. The normalized spacial score (nSPS) is 8.40. The molecule has 0 spiro atoms. The molecule has 1 rings (SSSR count). The van der Waals surface area contributed by atoms with Crippen LogP contribution >= 0.6 is 0 Å². The lowest BCUT2D eigenvalue weighted by molar-refractivity contribution is -0.128. The van der Waals surface area contributed by atoms with E-state index in [9.17, 15) is 9.59 Å². The zero-order valence-electron chi connectivity index (χ0n) is 8.76. The largest absolute Gasteiger partial charge is 0.468 e. The Balaban J connectivity index is 0.000000336. The molecule has 0 unspecified atom stereocenters. The molecule has 0 fully saturated rings. The van der Waals surface area contributed by atoms with Gasteiger partial charge in [-0.3, -0.25) is 4.79 Å². The van der Waals surface area contributed by atoms with E-state index in [1.165, 1.54) is 6.26 Å². The zero-order chi connectivity index (χ0) is 11.5. The molecule has 5 heteroatoms. The summed E-state index contributed by atoms with van der Waals surface area (Å²) in [6.07, 6.45) is 1.44. The first-order chi connectivity index (χ1) is 7.26. The SMILES string of the molecule is CCOC(=O)c1ccco1.CCOC=O. The zero-order valence-corrected chi connectivity index (χ0v) is 8.76. The van der Waals surface area contributed by atoms with Gasteiger partial charge in [0.05, 0.1) is 19.5 Å². The van der Waals surface area contributed by atoms with Crippen molar-refractivity contribution in [2.75, 3.05) is 13.2 Å². The Morgan fingerprint density at radius 2 is 2.20 bits per heavy atom. The summed E-state index contributed by atoms with van der Waals surface area (Å²) in [6, 6.07) is 3.21. The molecule has 0 aromatic carbocycles. The minimum absolute atomic E-state index is 0.252. The van der Waals surface area contributed by atoms with E-state index in [2.05, 4.69) is 9.47 Å². The monoisotopic (exact) mass is 214 g/mol. The van der Waals surface area contributed by atoms with Gasteiger partial charge in [-0.1, -0.05) is 0 Å². The van der Waals surface area contributed by atoms with Gasteiger partial charge in [-0.25, -0.2) is 4.79 Å². The van der Waals surface area contributed by atoms with Crippen LogP contribution in [0.15, 0.2) is 22.8 Å². The van der Waals surface area contributed by atoms with Crippen molar-refractivity contribution in [2.24, 2.45) is 0 Å². The van der Waals surface area contributed by atoms with E-state index in [1.54, 1.807) is 26.0 Å². The highest BCUT2D eigenvalue weighted by molar-refractivity contribution is 5.86. The van der Waals surface area contributed by atoms with E-state index < -0.39 is 5.97 Å². The quantitative estimate of drug-likeness (QED) is 0.563. The molecule has 0 N–H and O–H groups in total. The van der Waals surface area contributed by atoms with Gasteiger partial charge in [0.1, 0.15) is 0 Å². The van der Waals surface area contributed by atoms with Crippen molar-refractivity contribution in [2.45, 2.75) is 13.8 Å². The highest BCUT2D eigenvalue weighted by atomic mass is 16.5. The second-order valence-corrected chi connectivity index (χ2v) is 2.25. The van der Waals surface area contributed by atoms with Crippen LogP contribution in [0.1, 0.15) is 24.4 Å². The van der Waals surface area contributed by atoms with Crippen LogP contribution in [0.3, 0.4) is 0 Å². The van der Waals surface area contributed by atoms with E-state index in [4.69, 9.17) is 4.42 Å². The molecule has 0 bridgehead atoms. The molecule has 15 heavy (non-hydrogen) atoms. The van der Waals surface area contributed by atoms with Crippen molar-refractivity contribution in [3.8, 4) is 0 Å². The van der Waals surface area contributed by atoms with Gasteiger partial charge in [-0.2, -0.15) is 0 Å². The first-order valence-electron chi connectivity index (χ1n) is 4.52. The molecule has 1 aromatic heterocycles. The molecule has 0 aliphatic rings. The topological polar surface area (TPSA) is 65.7 Å². The fourth-order valence-corrected chi connectivity index (χ4v) is 0.665. The average molecular weight is 214 g/mol. The number of hydrogen-bond donors (Lipinski definition) is 0. The van der Waals surface area contributed by atoms with E-state index in [-0.39, 0.29) is 5.76 Å². The smallest absolute Gasteiger partial charge is 0.374 e. The molecule has 1 aromatic rings. The fourth-order valence-electron chi connectivity index (χ4n) is 0.665. The number of furan rings is 1. The highest BCUT2D eigenvalue weighted by Gasteiger charge is 2.07. The Hall–Kier alpha value is -1.78. The number of rotatable bonds is 4. The van der Waals surface area contributed by atoms with E-state index in [1.807, 2.05) is 0 Å². The van der Waals surface area contributed by atoms with Crippen LogP contribution in [-0.2, 0) is 14.3 Å². The Labute approximate surface area is 88.0 Å². The standard InChI is InChI=1S/C7H8O3.C3H6O2/c1-2-9-7(8)6-4-3-5-10-6;1-2-5-3-4/h3-5H,2H2,1H3;3H,2H2,1H3. The molecule has 0 amide bonds. The average Bonchev–Trinajstić information content (AvgIpc) is 2.73. The molecule has 0 saturated carbocycles. The third-order valence-electron chi connectivity index (χ3n) is 1.23. The van der Waals surface area contributed by atoms with Crippen molar-refractivity contribution < 1.29 is 23.5 Å². The van der Waals surface area contributed by atoms with Crippen LogP contribution in [-0.4, -0.2) is 25.7 Å². The molecule has 1 heterocycles. The molecular formula is C10H14O5. The van der Waals surface area contributed by atoms with Crippen LogP contribution < -0.4 is 0 Å². The molecule has 0 aliphatic carbocycles. The molecular weight excluding hydrogens is 200 g/mol. The van der Waals surface area contributed by atoms with Crippen molar-refractivity contribution in [3.63, 3.8) is 0 Å². The van der Waals surface area contributed by atoms with Gasteiger partial charge in [0, 0.05) is 0 Å². The maximum Gasteiger partial charge on any atom is 0.374 e. The van der Waals surface area contributed by atoms with Crippen LogP contribution in [0.2, 0.25) is 0 Å². The maximum atomic E-state index is 10.8. The molecule has 84 valence electrons. The van der Waals surface area contributed by atoms with E-state index in [0.29, 0.717) is 19.7 Å². The fraction of sp³-hybridized carbons (Fsp3) is 0.400. The number of ether oxygens (including phenoxy) is 2. The third kappa shape index (κ3) is 6.31. The summed E-state index contributed by atoms with van der Waals surface area (Å²) < 4.78 is 13.6. The summed E-state index contributed by atoms with van der Waals surface area (Å²) in [6.45, 7) is 4.79. The number of hydrogen-bond acceptors (Lipinski definition) is 5. The van der Waals surface area contributed by atoms with E-state index >= 15 is 0 Å². The molecule has 5 nitrogen and oxygen atoms in total. The molecule has 0 aliphatic heterocycles. The first-order valence-corrected chi connectivity index (χ1v) is 4.52. The van der Waals surface area contributed by atoms with Gasteiger partial charge in [-0.15, -0.1) is 0 Å². The minimum atomic E-state index is -0.410. The number of carbonyl (C=O) groups excluding carboxylic acids is 2. The summed E-state index contributed by atoms with van der Waals surface area (Å²) in [7, 11) is 0. The summed E-state index contributed by atoms with van der Waals surface area (Å²) in [5.74, 6) is -0.158. The summed E-state index contributed by atoms with van der Waals surface area (Å²) in [5.41, 5.74) is 0. The first kappa shape index (κ1) is 13.2. The van der Waals surface area contributed by atoms with Gasteiger partial charge in [0.15, 0.2) is 0 Å². The van der Waals surface area contributed by atoms with Crippen LogP contribution in [0.4, 0.5) is 0 Å². The maximum absolute atomic E-state index is 10.8. The van der Waals surface area contributed by atoms with Gasteiger partial charge < -0.3 is 13.9 Å². The lowest BCUT2D eigenvalue weighted by Gasteiger charge is -1.95. The van der Waals surface area contributed by atoms with E-state index in [0.717, 1.165) is 0 Å². The van der Waals surface area contributed by atoms with Crippen molar-refractivity contribution in [3.05, 3.63) is 24.2 Å². The third-order valence-corrected chi connectivity index (χ3v) is 1.23. The number of carbonyl (C=O) groups is 2. The summed E-state index contributed by atoms with van der Waals surface area (Å²) in [5, 5.41) is 0. The second kappa shape index (κ2) is 8.80. The van der Waals surface area contributed by atoms with Crippen LogP contribution in [0, 0.1) is 0 Å². The Kier molecular flexibility index (Phi) is 7.76. The lowest BCUT2D eigenvalue weighted by atomic mass is 10.5. The minimum Gasteiger partial charge on any atom is -0.468 e. The van der Waals surface area contributed by atoms with Gasteiger partial charge >= 0.3 is 5.97 Å². The molecule has 0 atom stereocenters. The Bertz CT molecular complexity index is 265. The summed E-state index contributed by atoms with van der Waals surface area (Å²) >= 11 is 0. The predicted molar refractivity (Wildman–Crippen MR) is 52.4 cm³/mol. The Morgan fingerprint density at radius 3 is 2.53 bits per heavy atom. The van der Waals surface area contributed by atoms with Crippen molar-refractivity contribution in [1.82, 2.24) is 0 Å². The van der Waals surface area contributed by atoms with Crippen LogP contribution in [0.25, 0.3) is 0 Å². The van der Waals surface area contributed by atoms with Crippen molar-refractivity contribution in [1.29, 1.82) is 0 Å². The lowest BCUT2D eigenvalue weighted by Crippen LogP contribution is -2.02. The molecule has 0 radical (unpaired) electrons. The number of esters is 1.